The number of thiazole rings is 1. The zero-order valence-electron chi connectivity index (χ0n) is 16.5. The average molecular weight is 420 g/mol. The topological polar surface area (TPSA) is 72.7 Å². The zero-order chi connectivity index (χ0) is 20.9. The van der Waals surface area contributed by atoms with Crippen LogP contribution in [-0.4, -0.2) is 27.9 Å². The Labute approximate surface area is 178 Å². The summed E-state index contributed by atoms with van der Waals surface area (Å²) >= 11 is 1.57. The van der Waals surface area contributed by atoms with Crippen LogP contribution >= 0.6 is 11.3 Å². The molecule has 0 spiro atoms. The van der Waals surface area contributed by atoms with E-state index in [1.54, 1.807) is 42.5 Å². The Bertz CT molecular complexity index is 1160. The molecule has 4 rings (SSSR count). The summed E-state index contributed by atoms with van der Waals surface area (Å²) in [5.74, 6) is -0.450. The first-order valence-electron chi connectivity index (χ1n) is 9.72. The van der Waals surface area contributed by atoms with Crippen LogP contribution in [0.4, 0.5) is 5.69 Å². The van der Waals surface area contributed by atoms with Crippen molar-refractivity contribution < 1.29 is 14.3 Å². The second-order valence-electron chi connectivity index (χ2n) is 6.72. The predicted octanol–water partition coefficient (Wildman–Crippen LogP) is 4.81. The van der Waals surface area contributed by atoms with Crippen molar-refractivity contribution in [1.82, 2.24) is 9.38 Å². The number of nitrogens with one attached hydrogen (secondary N) is 1. The summed E-state index contributed by atoms with van der Waals surface area (Å²) in [6, 6.07) is 16.7. The number of aryl methyl sites for hydroxylation is 1. The molecule has 4 aromatic rings. The van der Waals surface area contributed by atoms with Crippen molar-refractivity contribution in [2.45, 2.75) is 19.8 Å². The van der Waals surface area contributed by atoms with Crippen LogP contribution in [0, 0.1) is 0 Å². The van der Waals surface area contributed by atoms with Gasteiger partial charge in [-0.2, -0.15) is 0 Å². The highest BCUT2D eigenvalue weighted by atomic mass is 32.1. The molecule has 0 aliphatic heterocycles. The fourth-order valence-corrected chi connectivity index (χ4v) is 4.03. The number of fused-ring (bicyclic) bond motifs is 1. The molecule has 1 amide bonds. The van der Waals surface area contributed by atoms with Crippen LogP contribution in [0.25, 0.3) is 16.2 Å². The minimum absolute atomic E-state index is 0.0818. The number of ether oxygens (including phenoxy) is 1. The number of hydrogen-bond donors (Lipinski definition) is 1. The first kappa shape index (κ1) is 19.8. The van der Waals surface area contributed by atoms with E-state index in [0.29, 0.717) is 30.7 Å². The van der Waals surface area contributed by atoms with Crippen LogP contribution in [0.3, 0.4) is 0 Å². The lowest BCUT2D eigenvalue weighted by Gasteiger charge is -2.06. The maximum absolute atomic E-state index is 12.4. The Hall–Kier alpha value is -3.45. The Morgan fingerprint density at radius 3 is 2.60 bits per heavy atom. The first-order valence-corrected chi connectivity index (χ1v) is 10.6. The van der Waals surface area contributed by atoms with Gasteiger partial charge in [0.2, 0.25) is 5.91 Å². The number of imidazole rings is 1. The lowest BCUT2D eigenvalue weighted by atomic mass is 10.2. The largest absolute Gasteiger partial charge is 0.462 e. The van der Waals surface area contributed by atoms with E-state index in [9.17, 15) is 9.59 Å². The van der Waals surface area contributed by atoms with E-state index < -0.39 is 0 Å². The van der Waals surface area contributed by atoms with E-state index in [1.807, 2.05) is 41.9 Å². The monoisotopic (exact) mass is 419 g/mol. The Kier molecular flexibility index (Phi) is 5.90. The lowest BCUT2D eigenvalue weighted by Crippen LogP contribution is -2.13. The van der Waals surface area contributed by atoms with Crippen LogP contribution in [-0.2, 0) is 16.0 Å². The third-order valence-corrected chi connectivity index (χ3v) is 5.53. The molecule has 0 unspecified atom stereocenters. The normalized spacial score (nSPS) is 10.8. The smallest absolute Gasteiger partial charge is 0.338 e. The number of carbonyl (C=O) groups excluding carboxylic acids is 2. The minimum atomic E-state index is -0.368. The van der Waals surface area contributed by atoms with Gasteiger partial charge in [0.25, 0.3) is 0 Å². The summed E-state index contributed by atoms with van der Waals surface area (Å²) in [6.45, 7) is 2.09. The molecule has 2 heterocycles. The third-order valence-electron chi connectivity index (χ3n) is 4.64. The molecule has 0 aliphatic rings. The molecule has 2 aromatic heterocycles. The van der Waals surface area contributed by atoms with Crippen LogP contribution in [0.5, 0.6) is 0 Å². The van der Waals surface area contributed by atoms with E-state index >= 15 is 0 Å². The summed E-state index contributed by atoms with van der Waals surface area (Å²) in [7, 11) is 0. The van der Waals surface area contributed by atoms with Gasteiger partial charge in [-0.1, -0.05) is 30.3 Å². The molecule has 0 atom stereocenters. The van der Waals surface area contributed by atoms with Crippen molar-refractivity contribution in [2.24, 2.45) is 0 Å². The van der Waals surface area contributed by atoms with Gasteiger partial charge < -0.3 is 10.1 Å². The van der Waals surface area contributed by atoms with E-state index in [2.05, 4.69) is 14.7 Å². The molecular formula is C23H21N3O3S. The number of amides is 1. The van der Waals surface area contributed by atoms with Gasteiger partial charge in [-0.15, -0.1) is 11.3 Å². The van der Waals surface area contributed by atoms with Gasteiger partial charge in [0.15, 0.2) is 4.96 Å². The van der Waals surface area contributed by atoms with Gasteiger partial charge in [-0.3, -0.25) is 9.20 Å². The second kappa shape index (κ2) is 8.92. The van der Waals surface area contributed by atoms with Gasteiger partial charge in [0.1, 0.15) is 0 Å². The Morgan fingerprint density at radius 1 is 1.10 bits per heavy atom. The second-order valence-corrected chi connectivity index (χ2v) is 7.55. The molecule has 0 saturated carbocycles. The van der Waals surface area contributed by atoms with Crippen molar-refractivity contribution in [1.29, 1.82) is 0 Å². The van der Waals surface area contributed by atoms with Crippen molar-refractivity contribution in [3.63, 3.8) is 0 Å². The number of nitrogens with zero attached hydrogens (tertiary/aromatic N) is 2. The number of benzene rings is 2. The maximum Gasteiger partial charge on any atom is 0.338 e. The van der Waals surface area contributed by atoms with Crippen molar-refractivity contribution in [3.05, 3.63) is 77.4 Å². The van der Waals surface area contributed by atoms with Gasteiger partial charge in [0.05, 0.1) is 17.9 Å². The fourth-order valence-electron chi connectivity index (χ4n) is 3.13. The van der Waals surface area contributed by atoms with Crippen molar-refractivity contribution >= 4 is 33.9 Å². The number of anilines is 1. The van der Waals surface area contributed by atoms with Crippen LogP contribution in [0.2, 0.25) is 0 Å². The molecule has 0 saturated heterocycles. The highest BCUT2D eigenvalue weighted by Crippen LogP contribution is 2.24. The van der Waals surface area contributed by atoms with Crippen LogP contribution in [0.15, 0.2) is 66.2 Å². The van der Waals surface area contributed by atoms with E-state index in [0.717, 1.165) is 21.9 Å². The first-order chi connectivity index (χ1) is 14.6. The highest BCUT2D eigenvalue weighted by Gasteiger charge is 2.12. The Balaban J connectivity index is 1.37. The molecule has 1 N–H and O–H groups in total. The molecule has 7 heteroatoms. The van der Waals surface area contributed by atoms with Crippen LogP contribution in [0.1, 0.15) is 29.4 Å². The van der Waals surface area contributed by atoms with Crippen LogP contribution < -0.4 is 5.32 Å². The summed E-state index contributed by atoms with van der Waals surface area (Å²) < 4.78 is 7.01. The van der Waals surface area contributed by atoms with Crippen molar-refractivity contribution in [2.75, 3.05) is 11.9 Å². The van der Waals surface area contributed by atoms with Gasteiger partial charge in [0, 0.05) is 34.9 Å². The third kappa shape index (κ3) is 4.41. The Morgan fingerprint density at radius 2 is 1.87 bits per heavy atom. The minimum Gasteiger partial charge on any atom is -0.462 e. The number of carbonyl (C=O) groups is 2. The summed E-state index contributed by atoms with van der Waals surface area (Å²) in [5.41, 5.74) is 4.16. The molecule has 6 nitrogen and oxygen atoms in total. The number of esters is 1. The fraction of sp³-hybridized carbons (Fsp3) is 0.174. The van der Waals surface area contributed by atoms with E-state index in [-0.39, 0.29) is 11.9 Å². The summed E-state index contributed by atoms with van der Waals surface area (Å²) in [6.07, 6.45) is 2.98. The standard InChI is InChI=1S/C23H21N3O3S/c1-2-29-22(28)17-8-10-18(11-9-17)24-21(27)13-12-19-15-30-23-25-20(14-26(19)23)16-6-4-3-5-7-16/h3-11,14-15H,2,12-13H2,1H3,(H,24,27). The van der Waals surface area contributed by atoms with Gasteiger partial charge in [-0.05, 0) is 37.6 Å². The molecule has 0 fully saturated rings. The summed E-state index contributed by atoms with van der Waals surface area (Å²) in [5, 5.41) is 4.91. The zero-order valence-corrected chi connectivity index (χ0v) is 17.3. The molecular weight excluding hydrogens is 398 g/mol. The van der Waals surface area contributed by atoms with Gasteiger partial charge in [-0.25, -0.2) is 9.78 Å². The molecule has 0 bridgehead atoms. The SMILES string of the molecule is CCOC(=O)c1ccc(NC(=O)CCc2csc3nc(-c4ccccc4)cn23)cc1. The molecule has 30 heavy (non-hydrogen) atoms. The number of hydrogen-bond acceptors (Lipinski definition) is 5. The maximum atomic E-state index is 12.4. The predicted molar refractivity (Wildman–Crippen MR) is 118 cm³/mol. The van der Waals surface area contributed by atoms with Crippen molar-refractivity contribution in [3.8, 4) is 11.3 Å². The lowest BCUT2D eigenvalue weighted by molar-refractivity contribution is -0.116. The number of rotatable bonds is 7. The molecule has 0 aliphatic carbocycles. The molecule has 152 valence electrons. The van der Waals surface area contributed by atoms with Gasteiger partial charge >= 0.3 is 5.97 Å². The summed E-state index contributed by atoms with van der Waals surface area (Å²) in [4.78, 5) is 29.7. The number of aromatic nitrogens is 2. The van der Waals surface area contributed by atoms with E-state index in [4.69, 9.17) is 4.74 Å². The van der Waals surface area contributed by atoms with E-state index in [1.165, 1.54) is 0 Å². The quantitative estimate of drug-likeness (QED) is 0.436. The average Bonchev–Trinajstić information content (AvgIpc) is 3.35. The molecule has 0 radical (unpaired) electrons. The molecule has 2 aromatic carbocycles. The highest BCUT2D eigenvalue weighted by molar-refractivity contribution is 7.15.